The van der Waals surface area contributed by atoms with Crippen molar-refractivity contribution in [2.24, 2.45) is 11.8 Å². The number of fused-ring (bicyclic) bond motifs is 1. The monoisotopic (exact) mass is 390 g/mol. The van der Waals surface area contributed by atoms with Gasteiger partial charge >= 0.3 is 0 Å². The van der Waals surface area contributed by atoms with Gasteiger partial charge in [0.25, 0.3) is 0 Å². The molecule has 0 radical (unpaired) electrons. The summed E-state index contributed by atoms with van der Waals surface area (Å²) in [5.74, 6) is 0.422. The molecule has 0 saturated carbocycles. The average Bonchev–Trinajstić information content (AvgIpc) is 3.22. The molecule has 6 nitrogen and oxygen atoms in total. The van der Waals surface area contributed by atoms with Crippen molar-refractivity contribution in [1.82, 2.24) is 14.3 Å². The maximum Gasteiger partial charge on any atom is 0.218 e. The first-order chi connectivity index (χ1) is 13.0. The minimum atomic E-state index is -3.34. The number of rotatable bonds is 5. The summed E-state index contributed by atoms with van der Waals surface area (Å²) in [5, 5.41) is 0. The first-order valence-electron chi connectivity index (χ1n) is 9.24. The highest BCUT2D eigenvalue weighted by Crippen LogP contribution is 2.36. The number of hydrogen-bond donors (Lipinski definition) is 0. The lowest BCUT2D eigenvalue weighted by molar-refractivity contribution is 0.451. The summed E-state index contributed by atoms with van der Waals surface area (Å²) < 4.78 is 41.6. The summed E-state index contributed by atoms with van der Waals surface area (Å²) in [7, 11) is -3.34. The van der Waals surface area contributed by atoms with Gasteiger partial charge in [-0.1, -0.05) is 37.3 Å². The van der Waals surface area contributed by atoms with Crippen molar-refractivity contribution in [3.05, 3.63) is 53.7 Å². The zero-order valence-electron chi connectivity index (χ0n) is 15.3. The molecule has 8 heteroatoms. The molecule has 4 rings (SSSR count). The van der Waals surface area contributed by atoms with Gasteiger partial charge in [-0.25, -0.2) is 27.1 Å². The van der Waals surface area contributed by atoms with Gasteiger partial charge < -0.3 is 4.90 Å². The molecule has 0 bridgehead atoms. The van der Waals surface area contributed by atoms with Crippen LogP contribution in [0, 0.1) is 17.7 Å². The van der Waals surface area contributed by atoms with Crippen molar-refractivity contribution in [3.8, 4) is 0 Å². The second-order valence-corrected chi connectivity index (χ2v) is 9.26. The van der Waals surface area contributed by atoms with E-state index in [1.807, 2.05) is 42.2 Å². The van der Waals surface area contributed by atoms with Crippen LogP contribution in [0.4, 0.5) is 10.2 Å². The van der Waals surface area contributed by atoms with Gasteiger partial charge in [0, 0.05) is 26.2 Å². The minimum Gasteiger partial charge on any atom is -0.353 e. The van der Waals surface area contributed by atoms with E-state index in [0.717, 1.165) is 5.56 Å². The summed E-state index contributed by atoms with van der Waals surface area (Å²) in [6, 6.07) is 9.24. The highest BCUT2D eigenvalue weighted by molar-refractivity contribution is 7.88. The van der Waals surface area contributed by atoms with Gasteiger partial charge in [0.05, 0.1) is 11.4 Å². The molecule has 2 atom stereocenters. The predicted molar refractivity (Wildman–Crippen MR) is 101 cm³/mol. The van der Waals surface area contributed by atoms with E-state index in [-0.39, 0.29) is 23.4 Å². The second-order valence-electron chi connectivity index (χ2n) is 7.30. The third-order valence-corrected chi connectivity index (χ3v) is 7.30. The van der Waals surface area contributed by atoms with E-state index in [1.54, 1.807) is 4.31 Å². The number of aryl methyl sites for hydroxylation is 1. The number of anilines is 1. The highest BCUT2D eigenvalue weighted by atomic mass is 32.2. The first kappa shape index (κ1) is 18.3. The minimum absolute atomic E-state index is 0.0252. The van der Waals surface area contributed by atoms with Gasteiger partial charge in [0.15, 0.2) is 11.6 Å². The SMILES string of the molecule is CCc1ncnc(N2CC3CN(S(=O)(=O)Cc4ccccc4)CC3C2)c1F. The van der Waals surface area contributed by atoms with Crippen molar-refractivity contribution >= 4 is 15.8 Å². The molecule has 2 aliphatic rings. The fraction of sp³-hybridized carbons (Fsp3) is 0.474. The lowest BCUT2D eigenvalue weighted by Crippen LogP contribution is -2.34. The number of aromatic nitrogens is 2. The molecule has 0 amide bonds. The van der Waals surface area contributed by atoms with E-state index in [4.69, 9.17) is 0 Å². The van der Waals surface area contributed by atoms with Gasteiger partial charge in [-0.15, -0.1) is 0 Å². The van der Waals surface area contributed by atoms with Crippen molar-refractivity contribution in [1.29, 1.82) is 0 Å². The molecule has 3 heterocycles. The van der Waals surface area contributed by atoms with Gasteiger partial charge in [-0.05, 0) is 23.8 Å². The van der Waals surface area contributed by atoms with Gasteiger partial charge in [0.2, 0.25) is 10.0 Å². The zero-order chi connectivity index (χ0) is 19.0. The lowest BCUT2D eigenvalue weighted by atomic mass is 10.0. The number of nitrogens with zero attached hydrogens (tertiary/aromatic N) is 4. The average molecular weight is 390 g/mol. The summed E-state index contributed by atoms with van der Waals surface area (Å²) in [5.41, 5.74) is 1.22. The Bertz CT molecular complexity index is 909. The Labute approximate surface area is 159 Å². The Hall–Kier alpha value is -2.06. The van der Waals surface area contributed by atoms with Gasteiger partial charge in [0.1, 0.15) is 6.33 Å². The standard InChI is InChI=1S/C19H23FN4O2S/c1-2-17-18(20)19(22-13-21-17)23-8-15-10-24(11-16(15)9-23)27(25,26)12-14-6-4-3-5-7-14/h3-7,13,15-16H,2,8-12H2,1H3. The van der Waals surface area contributed by atoms with Crippen LogP contribution in [0.2, 0.25) is 0 Å². The number of halogens is 1. The summed E-state index contributed by atoms with van der Waals surface area (Å²) in [6.07, 6.45) is 1.93. The Morgan fingerprint density at radius 1 is 1.07 bits per heavy atom. The van der Waals surface area contributed by atoms with Crippen LogP contribution in [-0.2, 0) is 22.2 Å². The maximum atomic E-state index is 14.5. The van der Waals surface area contributed by atoms with Crippen molar-refractivity contribution in [3.63, 3.8) is 0 Å². The quantitative estimate of drug-likeness (QED) is 0.782. The molecule has 27 heavy (non-hydrogen) atoms. The summed E-state index contributed by atoms with van der Waals surface area (Å²) in [4.78, 5) is 10.0. The molecule has 2 unspecified atom stereocenters. The molecular formula is C19H23FN4O2S. The Kier molecular flexibility index (Phi) is 4.86. The third-order valence-electron chi connectivity index (χ3n) is 5.52. The van der Waals surface area contributed by atoms with E-state index < -0.39 is 10.0 Å². The molecule has 2 aliphatic heterocycles. The molecule has 1 aromatic heterocycles. The Morgan fingerprint density at radius 2 is 1.74 bits per heavy atom. The van der Waals surface area contributed by atoms with Crippen LogP contribution in [0.15, 0.2) is 36.7 Å². The normalized spacial score (nSPS) is 23.0. The molecule has 1 aromatic carbocycles. The topological polar surface area (TPSA) is 66.4 Å². The van der Waals surface area contributed by atoms with Crippen LogP contribution in [0.25, 0.3) is 0 Å². The fourth-order valence-corrected chi connectivity index (χ4v) is 5.72. The number of hydrogen-bond acceptors (Lipinski definition) is 5. The highest BCUT2D eigenvalue weighted by Gasteiger charge is 2.44. The molecule has 144 valence electrons. The molecule has 2 saturated heterocycles. The number of sulfonamides is 1. The molecule has 0 spiro atoms. The van der Waals surface area contributed by atoms with E-state index in [1.165, 1.54) is 6.33 Å². The molecule has 2 aromatic rings. The first-order valence-corrected chi connectivity index (χ1v) is 10.8. The molecular weight excluding hydrogens is 367 g/mol. The summed E-state index contributed by atoms with van der Waals surface area (Å²) in [6.45, 7) is 4.09. The second kappa shape index (κ2) is 7.16. The zero-order valence-corrected chi connectivity index (χ0v) is 16.1. The predicted octanol–water partition coefficient (Wildman–Crippen LogP) is 2.08. The van der Waals surface area contributed by atoms with Crippen molar-refractivity contribution in [2.45, 2.75) is 19.1 Å². The van der Waals surface area contributed by atoms with E-state index in [0.29, 0.717) is 44.1 Å². The van der Waals surface area contributed by atoms with E-state index >= 15 is 0 Å². The van der Waals surface area contributed by atoms with Crippen LogP contribution in [-0.4, -0.2) is 48.9 Å². The molecule has 0 aliphatic carbocycles. The van der Waals surface area contributed by atoms with Crippen LogP contribution < -0.4 is 4.90 Å². The maximum absolute atomic E-state index is 14.5. The van der Waals surface area contributed by atoms with Gasteiger partial charge in [-0.2, -0.15) is 0 Å². The smallest absolute Gasteiger partial charge is 0.218 e. The Morgan fingerprint density at radius 3 is 2.37 bits per heavy atom. The molecule has 0 N–H and O–H groups in total. The largest absolute Gasteiger partial charge is 0.353 e. The van der Waals surface area contributed by atoms with Crippen LogP contribution in [0.1, 0.15) is 18.2 Å². The summed E-state index contributed by atoms with van der Waals surface area (Å²) >= 11 is 0. The number of benzene rings is 1. The van der Waals surface area contributed by atoms with Crippen molar-refractivity contribution in [2.75, 3.05) is 31.1 Å². The van der Waals surface area contributed by atoms with Crippen LogP contribution >= 0.6 is 0 Å². The fourth-order valence-electron chi connectivity index (χ4n) is 4.09. The van der Waals surface area contributed by atoms with E-state index in [9.17, 15) is 12.8 Å². The molecule has 2 fully saturated rings. The third kappa shape index (κ3) is 3.55. The lowest BCUT2D eigenvalue weighted by Gasteiger charge is -2.22. The Balaban J connectivity index is 1.44. The van der Waals surface area contributed by atoms with Crippen LogP contribution in [0.3, 0.4) is 0 Å². The van der Waals surface area contributed by atoms with Crippen LogP contribution in [0.5, 0.6) is 0 Å². The van der Waals surface area contributed by atoms with Gasteiger partial charge in [-0.3, -0.25) is 0 Å². The van der Waals surface area contributed by atoms with Crippen molar-refractivity contribution < 1.29 is 12.8 Å². The van der Waals surface area contributed by atoms with E-state index in [2.05, 4.69) is 9.97 Å².